The summed E-state index contributed by atoms with van der Waals surface area (Å²) in [7, 11) is 0. The Morgan fingerprint density at radius 1 is 1.17 bits per heavy atom. The second-order valence-corrected chi connectivity index (χ2v) is 5.84. The molecule has 1 aromatic heterocycles. The molecule has 0 aliphatic heterocycles. The summed E-state index contributed by atoms with van der Waals surface area (Å²) in [6, 6.07) is 10.6. The quantitative estimate of drug-likeness (QED) is 0.775. The molecule has 2 nitrogen and oxygen atoms in total. The normalized spacial score (nSPS) is 10.7. The molecule has 0 atom stereocenters. The molecule has 4 heteroatoms. The molecule has 0 N–H and O–H groups in total. The third-order valence-electron chi connectivity index (χ3n) is 2.29. The zero-order chi connectivity index (χ0) is 13.1. The molecule has 0 unspecified atom stereocenters. The molecule has 0 aliphatic rings. The van der Waals surface area contributed by atoms with Crippen molar-refractivity contribution in [1.82, 2.24) is 0 Å². The number of hydrogen-bond acceptors (Lipinski definition) is 3. The molecule has 1 aromatic carbocycles. The van der Waals surface area contributed by atoms with Crippen LogP contribution in [0.3, 0.4) is 0 Å². The molecule has 2 rings (SSSR count). The highest BCUT2D eigenvalue weighted by molar-refractivity contribution is 7.18. The fraction of sp³-hybridized carbons (Fsp3) is 0.214. The van der Waals surface area contributed by atoms with Gasteiger partial charge < -0.3 is 4.74 Å². The monoisotopic (exact) mass is 280 g/mol. The highest BCUT2D eigenvalue weighted by atomic mass is 35.5. The van der Waals surface area contributed by atoms with Crippen molar-refractivity contribution in [3.05, 3.63) is 51.2 Å². The van der Waals surface area contributed by atoms with Crippen LogP contribution < -0.4 is 4.74 Å². The van der Waals surface area contributed by atoms with Crippen molar-refractivity contribution in [2.24, 2.45) is 0 Å². The summed E-state index contributed by atoms with van der Waals surface area (Å²) in [4.78, 5) is 12.8. The first-order valence-corrected chi connectivity index (χ1v) is 6.82. The van der Waals surface area contributed by atoms with Gasteiger partial charge in [-0.3, -0.25) is 4.79 Å². The molecular weight excluding hydrogens is 268 g/mol. The number of halogens is 1. The van der Waals surface area contributed by atoms with E-state index in [1.807, 2.05) is 26.0 Å². The first kappa shape index (κ1) is 13.1. The first-order valence-electron chi connectivity index (χ1n) is 5.63. The fourth-order valence-electron chi connectivity index (χ4n) is 1.54. The van der Waals surface area contributed by atoms with Crippen LogP contribution in [0.2, 0.25) is 4.34 Å². The standard InChI is InChI=1S/C14H13ClO2S/c1-9(2)17-11-5-3-10(4-6-11)14(16)12-7-8-13(15)18-12/h3-9H,1-2H3. The van der Waals surface area contributed by atoms with Gasteiger partial charge in [-0.25, -0.2) is 0 Å². The van der Waals surface area contributed by atoms with Crippen molar-refractivity contribution in [3.8, 4) is 5.75 Å². The predicted octanol–water partition coefficient (Wildman–Crippen LogP) is 4.42. The Balaban J connectivity index is 2.17. The maximum Gasteiger partial charge on any atom is 0.202 e. The van der Waals surface area contributed by atoms with E-state index in [2.05, 4.69) is 0 Å². The predicted molar refractivity (Wildman–Crippen MR) is 75.0 cm³/mol. The maximum absolute atomic E-state index is 12.1. The van der Waals surface area contributed by atoms with Crippen LogP contribution in [0.1, 0.15) is 29.1 Å². The Morgan fingerprint density at radius 3 is 2.33 bits per heavy atom. The largest absolute Gasteiger partial charge is 0.491 e. The van der Waals surface area contributed by atoms with Crippen LogP contribution in [-0.4, -0.2) is 11.9 Å². The van der Waals surface area contributed by atoms with Crippen LogP contribution in [0.4, 0.5) is 0 Å². The van der Waals surface area contributed by atoms with E-state index in [1.165, 1.54) is 11.3 Å². The molecule has 0 bridgehead atoms. The minimum absolute atomic E-state index is 0.0111. The molecule has 0 radical (unpaired) electrons. The molecule has 1 heterocycles. The lowest BCUT2D eigenvalue weighted by Crippen LogP contribution is -2.05. The van der Waals surface area contributed by atoms with Crippen LogP contribution in [0.5, 0.6) is 5.75 Å². The molecule has 0 fully saturated rings. The molecule has 0 amide bonds. The molecule has 0 saturated heterocycles. The Labute approximate surface area is 115 Å². The SMILES string of the molecule is CC(C)Oc1ccc(C(=O)c2ccc(Cl)s2)cc1. The number of thiophene rings is 1. The summed E-state index contributed by atoms with van der Waals surface area (Å²) < 4.78 is 6.15. The molecule has 0 aliphatic carbocycles. The van der Waals surface area contributed by atoms with Gasteiger partial charge in [0.05, 0.1) is 15.3 Å². The van der Waals surface area contributed by atoms with E-state index in [-0.39, 0.29) is 11.9 Å². The minimum atomic E-state index is -0.0111. The average Bonchev–Trinajstić information content (AvgIpc) is 2.75. The van der Waals surface area contributed by atoms with Crippen molar-refractivity contribution in [3.63, 3.8) is 0 Å². The van der Waals surface area contributed by atoms with Gasteiger partial charge >= 0.3 is 0 Å². The molecular formula is C14H13ClO2S. The Bertz CT molecular complexity index is 543. The number of benzene rings is 1. The summed E-state index contributed by atoms with van der Waals surface area (Å²) >= 11 is 7.11. The second kappa shape index (κ2) is 5.55. The topological polar surface area (TPSA) is 26.3 Å². The third-order valence-corrected chi connectivity index (χ3v) is 3.52. The van der Waals surface area contributed by atoms with Gasteiger partial charge in [0.15, 0.2) is 0 Å². The molecule has 2 aromatic rings. The van der Waals surface area contributed by atoms with Crippen molar-refractivity contribution in [2.45, 2.75) is 20.0 Å². The number of ketones is 1. The van der Waals surface area contributed by atoms with Crippen LogP contribution in [0.15, 0.2) is 36.4 Å². The lowest BCUT2D eigenvalue weighted by Gasteiger charge is -2.09. The molecule has 0 saturated carbocycles. The fourth-order valence-corrected chi connectivity index (χ4v) is 2.54. The number of hydrogen-bond donors (Lipinski definition) is 0. The van der Waals surface area contributed by atoms with E-state index in [9.17, 15) is 4.79 Å². The summed E-state index contributed by atoms with van der Waals surface area (Å²) in [5, 5.41) is 0. The summed E-state index contributed by atoms with van der Waals surface area (Å²) in [6.45, 7) is 3.93. The van der Waals surface area contributed by atoms with Crippen molar-refractivity contribution >= 4 is 28.7 Å². The summed E-state index contributed by atoms with van der Waals surface area (Å²) in [5.74, 6) is 0.758. The van der Waals surface area contributed by atoms with Gasteiger partial charge in [-0.1, -0.05) is 11.6 Å². The number of carbonyl (C=O) groups is 1. The van der Waals surface area contributed by atoms with Gasteiger partial charge in [0.25, 0.3) is 0 Å². The molecule has 94 valence electrons. The van der Waals surface area contributed by atoms with Gasteiger partial charge in [-0.2, -0.15) is 0 Å². The van der Waals surface area contributed by atoms with Crippen LogP contribution in [-0.2, 0) is 0 Å². The van der Waals surface area contributed by atoms with E-state index in [0.29, 0.717) is 14.8 Å². The second-order valence-electron chi connectivity index (χ2n) is 4.12. The maximum atomic E-state index is 12.1. The third kappa shape index (κ3) is 3.12. The average molecular weight is 281 g/mol. The smallest absolute Gasteiger partial charge is 0.202 e. The lowest BCUT2D eigenvalue weighted by atomic mass is 10.1. The zero-order valence-electron chi connectivity index (χ0n) is 10.1. The van der Waals surface area contributed by atoms with Crippen molar-refractivity contribution in [2.75, 3.05) is 0 Å². The zero-order valence-corrected chi connectivity index (χ0v) is 11.7. The Kier molecular flexibility index (Phi) is 4.04. The first-order chi connectivity index (χ1) is 8.56. The Morgan fingerprint density at radius 2 is 1.83 bits per heavy atom. The number of ether oxygens (including phenoxy) is 1. The lowest BCUT2D eigenvalue weighted by molar-refractivity contribution is 0.104. The van der Waals surface area contributed by atoms with E-state index in [4.69, 9.17) is 16.3 Å². The van der Waals surface area contributed by atoms with Crippen LogP contribution in [0, 0.1) is 0 Å². The summed E-state index contributed by atoms with van der Waals surface area (Å²) in [6.07, 6.45) is 0.127. The van der Waals surface area contributed by atoms with Gasteiger partial charge in [0.2, 0.25) is 5.78 Å². The number of rotatable bonds is 4. The highest BCUT2D eigenvalue weighted by Gasteiger charge is 2.11. The van der Waals surface area contributed by atoms with Gasteiger partial charge in [-0.15, -0.1) is 11.3 Å². The number of carbonyl (C=O) groups excluding carboxylic acids is 1. The van der Waals surface area contributed by atoms with E-state index in [1.54, 1.807) is 24.3 Å². The van der Waals surface area contributed by atoms with Crippen LogP contribution in [0.25, 0.3) is 0 Å². The van der Waals surface area contributed by atoms with Gasteiger partial charge in [0, 0.05) is 5.56 Å². The van der Waals surface area contributed by atoms with Crippen LogP contribution >= 0.6 is 22.9 Å². The van der Waals surface area contributed by atoms with Crippen molar-refractivity contribution in [1.29, 1.82) is 0 Å². The van der Waals surface area contributed by atoms with E-state index >= 15 is 0 Å². The minimum Gasteiger partial charge on any atom is -0.491 e. The molecule has 18 heavy (non-hydrogen) atoms. The Hall–Kier alpha value is -1.32. The van der Waals surface area contributed by atoms with E-state index < -0.39 is 0 Å². The van der Waals surface area contributed by atoms with Gasteiger partial charge in [-0.05, 0) is 50.2 Å². The van der Waals surface area contributed by atoms with E-state index in [0.717, 1.165) is 5.75 Å². The van der Waals surface area contributed by atoms with Crippen molar-refractivity contribution < 1.29 is 9.53 Å². The highest BCUT2D eigenvalue weighted by Crippen LogP contribution is 2.24. The summed E-state index contributed by atoms with van der Waals surface area (Å²) in [5.41, 5.74) is 0.643. The van der Waals surface area contributed by atoms with Gasteiger partial charge in [0.1, 0.15) is 5.75 Å². The molecule has 0 spiro atoms.